The average molecular weight is 394 g/mol. The fourth-order valence-corrected chi connectivity index (χ4v) is 3.81. The van der Waals surface area contributed by atoms with Crippen molar-refractivity contribution >= 4 is 11.8 Å². The first-order valence-corrected chi connectivity index (χ1v) is 10.7. The molecule has 1 aliphatic carbocycles. The van der Waals surface area contributed by atoms with Gasteiger partial charge in [0.25, 0.3) is 11.8 Å². The molecule has 0 radical (unpaired) electrons. The van der Waals surface area contributed by atoms with Gasteiger partial charge < -0.3 is 10.2 Å². The van der Waals surface area contributed by atoms with Crippen molar-refractivity contribution in [2.45, 2.75) is 71.0 Å². The van der Waals surface area contributed by atoms with Crippen molar-refractivity contribution < 1.29 is 9.59 Å². The van der Waals surface area contributed by atoms with E-state index in [4.69, 9.17) is 0 Å². The maximum Gasteiger partial charge on any atom is 0.270 e. The Morgan fingerprint density at radius 1 is 1.07 bits per heavy atom. The molecule has 3 rings (SSSR count). The van der Waals surface area contributed by atoms with E-state index in [1.807, 2.05) is 49.1 Å². The van der Waals surface area contributed by atoms with E-state index in [9.17, 15) is 9.59 Å². The van der Waals surface area contributed by atoms with Crippen molar-refractivity contribution in [3.05, 3.63) is 65.5 Å². The van der Waals surface area contributed by atoms with Crippen LogP contribution in [0.25, 0.3) is 0 Å². The van der Waals surface area contributed by atoms with E-state index in [0.717, 1.165) is 31.2 Å². The summed E-state index contributed by atoms with van der Waals surface area (Å²) < 4.78 is 0. The maximum absolute atomic E-state index is 13.2. The summed E-state index contributed by atoms with van der Waals surface area (Å²) in [6, 6.07) is 13.5. The van der Waals surface area contributed by atoms with Crippen molar-refractivity contribution in [1.29, 1.82) is 0 Å². The summed E-state index contributed by atoms with van der Waals surface area (Å²) in [5.41, 5.74) is 1.88. The molecule has 1 heterocycles. The first-order valence-electron chi connectivity index (χ1n) is 10.7. The van der Waals surface area contributed by atoms with Crippen molar-refractivity contribution in [2.75, 3.05) is 0 Å². The molecule has 0 aliphatic heterocycles. The standard InChI is InChI=1S/C24H31N3O2/c1-18(2)27(17-19-10-6-5-7-11-19)24(29)20-14-15-25-22(16-20)23(28)26-21-12-8-3-4-9-13-21/h5-7,10-11,14-16,18,21H,3-4,8-9,12-13,17H2,1-2H3,(H,26,28). The molecule has 0 saturated heterocycles. The molecule has 1 aromatic heterocycles. The molecule has 0 bridgehead atoms. The summed E-state index contributed by atoms with van der Waals surface area (Å²) in [6.07, 6.45) is 8.36. The molecule has 154 valence electrons. The van der Waals surface area contributed by atoms with Crippen LogP contribution in [0.4, 0.5) is 0 Å². The zero-order chi connectivity index (χ0) is 20.6. The Morgan fingerprint density at radius 3 is 2.41 bits per heavy atom. The van der Waals surface area contributed by atoms with E-state index in [-0.39, 0.29) is 23.9 Å². The third kappa shape index (κ3) is 5.89. The molecule has 1 aliphatic rings. The van der Waals surface area contributed by atoms with Crippen LogP contribution >= 0.6 is 0 Å². The van der Waals surface area contributed by atoms with Gasteiger partial charge in [0.1, 0.15) is 5.69 Å². The minimum Gasteiger partial charge on any atom is -0.348 e. The first kappa shape index (κ1) is 21.0. The van der Waals surface area contributed by atoms with Crippen molar-refractivity contribution in [3.8, 4) is 0 Å². The lowest BCUT2D eigenvalue weighted by atomic mass is 10.1. The molecular formula is C24H31N3O2. The zero-order valence-corrected chi connectivity index (χ0v) is 17.4. The van der Waals surface area contributed by atoms with Gasteiger partial charge in [-0.25, -0.2) is 0 Å². The lowest BCUT2D eigenvalue weighted by Gasteiger charge is -2.27. The monoisotopic (exact) mass is 393 g/mol. The second-order valence-electron chi connectivity index (χ2n) is 8.10. The quantitative estimate of drug-likeness (QED) is 0.731. The number of nitrogens with zero attached hydrogens (tertiary/aromatic N) is 2. The molecule has 0 unspecified atom stereocenters. The molecule has 0 atom stereocenters. The molecule has 1 aromatic carbocycles. The van der Waals surface area contributed by atoms with Gasteiger partial charge in [0.2, 0.25) is 0 Å². The van der Waals surface area contributed by atoms with E-state index >= 15 is 0 Å². The minimum absolute atomic E-state index is 0.0409. The van der Waals surface area contributed by atoms with Crippen LogP contribution in [0.3, 0.4) is 0 Å². The molecule has 5 heteroatoms. The number of hydrogen-bond donors (Lipinski definition) is 1. The van der Waals surface area contributed by atoms with E-state index in [2.05, 4.69) is 10.3 Å². The fourth-order valence-electron chi connectivity index (χ4n) is 3.81. The molecule has 5 nitrogen and oxygen atoms in total. The van der Waals surface area contributed by atoms with E-state index in [0.29, 0.717) is 17.8 Å². The second-order valence-corrected chi connectivity index (χ2v) is 8.10. The number of hydrogen-bond acceptors (Lipinski definition) is 3. The van der Waals surface area contributed by atoms with Gasteiger partial charge in [-0.15, -0.1) is 0 Å². The number of pyridine rings is 1. The topological polar surface area (TPSA) is 62.3 Å². The Balaban J connectivity index is 1.72. The van der Waals surface area contributed by atoms with Crippen LogP contribution in [0.5, 0.6) is 0 Å². The van der Waals surface area contributed by atoms with Crippen molar-refractivity contribution in [2.24, 2.45) is 0 Å². The van der Waals surface area contributed by atoms with Crippen LogP contribution in [0, 0.1) is 0 Å². The fraction of sp³-hybridized carbons (Fsp3) is 0.458. The highest BCUT2D eigenvalue weighted by molar-refractivity contribution is 5.98. The molecule has 2 aromatic rings. The number of amides is 2. The van der Waals surface area contributed by atoms with Gasteiger partial charge in [-0.05, 0) is 44.4 Å². The maximum atomic E-state index is 13.2. The smallest absolute Gasteiger partial charge is 0.270 e. The Hall–Kier alpha value is -2.69. The summed E-state index contributed by atoms with van der Waals surface area (Å²) in [4.78, 5) is 31.9. The first-order chi connectivity index (χ1) is 14.0. The normalized spacial score (nSPS) is 15.0. The van der Waals surface area contributed by atoms with E-state index in [1.54, 1.807) is 18.3 Å². The highest BCUT2D eigenvalue weighted by Gasteiger charge is 2.22. The average Bonchev–Trinajstić information content (AvgIpc) is 3.01. The summed E-state index contributed by atoms with van der Waals surface area (Å²) >= 11 is 0. The Bertz CT molecular complexity index is 812. The number of carbonyl (C=O) groups excluding carboxylic acids is 2. The van der Waals surface area contributed by atoms with Gasteiger partial charge in [-0.2, -0.15) is 0 Å². The summed E-state index contributed by atoms with van der Waals surface area (Å²) in [6.45, 7) is 4.53. The molecule has 2 amide bonds. The Morgan fingerprint density at radius 2 is 1.76 bits per heavy atom. The van der Waals surface area contributed by atoms with Crippen LogP contribution in [-0.4, -0.2) is 33.8 Å². The van der Waals surface area contributed by atoms with Crippen LogP contribution in [0.15, 0.2) is 48.7 Å². The van der Waals surface area contributed by atoms with Crippen LogP contribution in [-0.2, 0) is 6.54 Å². The molecule has 29 heavy (non-hydrogen) atoms. The summed E-state index contributed by atoms with van der Waals surface area (Å²) in [5, 5.41) is 3.11. The number of benzene rings is 1. The van der Waals surface area contributed by atoms with Gasteiger partial charge >= 0.3 is 0 Å². The van der Waals surface area contributed by atoms with Crippen LogP contribution < -0.4 is 5.32 Å². The third-order valence-electron chi connectivity index (χ3n) is 5.51. The second kappa shape index (κ2) is 10.2. The molecule has 1 fully saturated rings. The number of carbonyl (C=O) groups is 2. The van der Waals surface area contributed by atoms with E-state index < -0.39 is 0 Å². The van der Waals surface area contributed by atoms with Crippen molar-refractivity contribution in [3.63, 3.8) is 0 Å². The van der Waals surface area contributed by atoms with Gasteiger partial charge in [0, 0.05) is 30.4 Å². The number of nitrogens with one attached hydrogen (secondary N) is 1. The van der Waals surface area contributed by atoms with Gasteiger partial charge in [0.15, 0.2) is 0 Å². The Labute approximate surface area is 173 Å². The molecule has 1 N–H and O–H groups in total. The van der Waals surface area contributed by atoms with Gasteiger partial charge in [-0.1, -0.05) is 56.0 Å². The van der Waals surface area contributed by atoms with Gasteiger partial charge in [-0.3, -0.25) is 14.6 Å². The predicted octanol–water partition coefficient (Wildman–Crippen LogP) is 4.59. The Kier molecular flexibility index (Phi) is 7.39. The van der Waals surface area contributed by atoms with Crippen molar-refractivity contribution in [1.82, 2.24) is 15.2 Å². The van der Waals surface area contributed by atoms with Crippen LogP contribution in [0.1, 0.15) is 78.8 Å². The van der Waals surface area contributed by atoms with E-state index in [1.165, 1.54) is 12.8 Å². The summed E-state index contributed by atoms with van der Waals surface area (Å²) in [7, 11) is 0. The highest BCUT2D eigenvalue weighted by atomic mass is 16.2. The summed E-state index contributed by atoms with van der Waals surface area (Å²) in [5.74, 6) is -0.277. The van der Waals surface area contributed by atoms with Crippen LogP contribution in [0.2, 0.25) is 0 Å². The highest BCUT2D eigenvalue weighted by Crippen LogP contribution is 2.18. The lowest BCUT2D eigenvalue weighted by molar-refractivity contribution is 0.0690. The number of aromatic nitrogens is 1. The zero-order valence-electron chi connectivity index (χ0n) is 17.4. The minimum atomic E-state index is -0.189. The lowest BCUT2D eigenvalue weighted by Crippen LogP contribution is -2.37. The molecule has 0 spiro atoms. The third-order valence-corrected chi connectivity index (χ3v) is 5.51. The van der Waals surface area contributed by atoms with Gasteiger partial charge in [0.05, 0.1) is 0 Å². The SMILES string of the molecule is CC(C)N(Cc1ccccc1)C(=O)c1ccnc(C(=O)NC2CCCCCC2)c1. The predicted molar refractivity (Wildman–Crippen MR) is 115 cm³/mol. The number of rotatable bonds is 6. The molecule has 1 saturated carbocycles. The largest absolute Gasteiger partial charge is 0.348 e. The molecular weight excluding hydrogens is 362 g/mol.